The Kier molecular flexibility index (Phi) is 2.93. The highest BCUT2D eigenvalue weighted by Gasteiger charge is 2.31. The van der Waals surface area contributed by atoms with Crippen molar-refractivity contribution in [2.75, 3.05) is 0 Å². The molecule has 1 aliphatic carbocycles. The molecule has 17 heavy (non-hydrogen) atoms. The second-order valence-electron chi connectivity index (χ2n) is 3.82. The molecule has 1 aromatic rings. The molecule has 0 N–H and O–H groups in total. The predicted molar refractivity (Wildman–Crippen MR) is 61.8 cm³/mol. The van der Waals surface area contributed by atoms with Crippen molar-refractivity contribution < 1.29 is 18.0 Å². The fourth-order valence-electron chi connectivity index (χ4n) is 1.66. The number of carbonyl (C=O) groups excluding carboxylic acids is 2. The Hall–Kier alpha value is -1.75. The van der Waals surface area contributed by atoms with Gasteiger partial charge < -0.3 is 0 Å². The monoisotopic (exact) mass is 250 g/mol. The van der Waals surface area contributed by atoms with Crippen LogP contribution in [0.15, 0.2) is 41.3 Å². The minimum Gasteiger partial charge on any atom is -0.294 e. The SMILES string of the molecule is O=C1C=C(S(=O)(=O)Cc2ccccc2)C(=O)C1. The molecule has 0 radical (unpaired) electrons. The van der Waals surface area contributed by atoms with Crippen molar-refractivity contribution in [3.8, 4) is 0 Å². The first-order valence-electron chi connectivity index (χ1n) is 5.03. The zero-order chi connectivity index (χ0) is 12.5. The van der Waals surface area contributed by atoms with E-state index in [1.54, 1.807) is 30.3 Å². The highest BCUT2D eigenvalue weighted by atomic mass is 32.2. The lowest BCUT2D eigenvalue weighted by molar-refractivity contribution is -0.120. The Balaban J connectivity index is 2.30. The van der Waals surface area contributed by atoms with Crippen LogP contribution in [0.3, 0.4) is 0 Å². The molecule has 5 heteroatoms. The first kappa shape index (κ1) is 11.7. The number of hydrogen-bond donors (Lipinski definition) is 0. The highest BCUT2D eigenvalue weighted by Crippen LogP contribution is 2.21. The second-order valence-corrected chi connectivity index (χ2v) is 5.78. The summed E-state index contributed by atoms with van der Waals surface area (Å²) in [5.74, 6) is -1.30. The van der Waals surface area contributed by atoms with Crippen molar-refractivity contribution in [2.24, 2.45) is 0 Å². The van der Waals surface area contributed by atoms with Gasteiger partial charge in [-0.25, -0.2) is 8.42 Å². The molecule has 0 saturated heterocycles. The van der Waals surface area contributed by atoms with Gasteiger partial charge in [-0.15, -0.1) is 0 Å². The molecule has 0 atom stereocenters. The second kappa shape index (κ2) is 4.25. The standard InChI is InChI=1S/C12H10O4S/c13-10-6-11(14)12(7-10)17(15,16)8-9-4-2-1-3-5-9/h1-5,7H,6,8H2. The van der Waals surface area contributed by atoms with Crippen LogP contribution in [-0.4, -0.2) is 20.0 Å². The summed E-state index contributed by atoms with van der Waals surface area (Å²) in [4.78, 5) is 22.0. The van der Waals surface area contributed by atoms with E-state index >= 15 is 0 Å². The average Bonchev–Trinajstić information content (AvgIpc) is 2.59. The van der Waals surface area contributed by atoms with Crippen LogP contribution in [-0.2, 0) is 25.2 Å². The summed E-state index contributed by atoms with van der Waals surface area (Å²) in [5.41, 5.74) is 0.598. The Labute approximate surface area is 98.9 Å². The van der Waals surface area contributed by atoms with Gasteiger partial charge in [0, 0.05) is 6.08 Å². The largest absolute Gasteiger partial charge is 0.294 e. The maximum absolute atomic E-state index is 11.9. The molecular formula is C12H10O4S. The summed E-state index contributed by atoms with van der Waals surface area (Å²) in [6.45, 7) is 0. The predicted octanol–water partition coefficient (Wildman–Crippen LogP) is 1.03. The van der Waals surface area contributed by atoms with E-state index in [0.29, 0.717) is 5.56 Å². The minimum absolute atomic E-state index is 0.251. The van der Waals surface area contributed by atoms with Crippen LogP contribution in [0.5, 0.6) is 0 Å². The summed E-state index contributed by atoms with van der Waals surface area (Å²) in [5, 5.41) is 0. The van der Waals surface area contributed by atoms with Gasteiger partial charge in [0.2, 0.25) is 0 Å². The fraction of sp³-hybridized carbons (Fsp3) is 0.167. The zero-order valence-electron chi connectivity index (χ0n) is 8.92. The number of ketones is 2. The van der Waals surface area contributed by atoms with Crippen molar-refractivity contribution in [2.45, 2.75) is 12.2 Å². The summed E-state index contributed by atoms with van der Waals surface area (Å²) in [6.07, 6.45) is 0.601. The first-order valence-corrected chi connectivity index (χ1v) is 6.69. The molecule has 1 aromatic carbocycles. The van der Waals surface area contributed by atoms with E-state index in [9.17, 15) is 18.0 Å². The van der Waals surface area contributed by atoms with Crippen molar-refractivity contribution in [3.63, 3.8) is 0 Å². The van der Waals surface area contributed by atoms with E-state index in [1.807, 2.05) is 0 Å². The van der Waals surface area contributed by atoms with Crippen LogP contribution in [0.4, 0.5) is 0 Å². The molecule has 0 spiro atoms. The third-order valence-electron chi connectivity index (χ3n) is 2.44. The van der Waals surface area contributed by atoms with E-state index in [2.05, 4.69) is 0 Å². The van der Waals surface area contributed by atoms with Crippen LogP contribution in [0.1, 0.15) is 12.0 Å². The van der Waals surface area contributed by atoms with Crippen molar-refractivity contribution in [1.29, 1.82) is 0 Å². The molecule has 0 bridgehead atoms. The van der Waals surface area contributed by atoms with Crippen LogP contribution in [0.25, 0.3) is 0 Å². The number of benzene rings is 1. The van der Waals surface area contributed by atoms with Gasteiger partial charge in [-0.1, -0.05) is 30.3 Å². The zero-order valence-corrected chi connectivity index (χ0v) is 9.74. The number of allylic oxidation sites excluding steroid dienone is 2. The van der Waals surface area contributed by atoms with Gasteiger partial charge in [0.25, 0.3) is 0 Å². The lowest BCUT2D eigenvalue weighted by Gasteiger charge is -2.03. The number of rotatable bonds is 3. The maximum atomic E-state index is 11.9. The van der Waals surface area contributed by atoms with Gasteiger partial charge in [0.15, 0.2) is 21.4 Å². The number of Topliss-reactive ketones (excluding diaryl/α,β-unsaturated/α-hetero) is 1. The summed E-state index contributed by atoms with van der Waals surface area (Å²) in [7, 11) is -3.70. The first-order chi connectivity index (χ1) is 7.99. The fourth-order valence-corrected chi connectivity index (χ4v) is 3.17. The third-order valence-corrected chi connectivity index (χ3v) is 4.17. The average molecular weight is 250 g/mol. The Morgan fingerprint density at radius 3 is 2.24 bits per heavy atom. The van der Waals surface area contributed by atoms with E-state index in [-0.39, 0.29) is 17.1 Å². The van der Waals surface area contributed by atoms with Crippen molar-refractivity contribution in [1.82, 2.24) is 0 Å². The molecule has 0 fully saturated rings. The number of sulfone groups is 1. The highest BCUT2D eigenvalue weighted by molar-refractivity contribution is 7.95. The number of hydrogen-bond acceptors (Lipinski definition) is 4. The van der Waals surface area contributed by atoms with Gasteiger partial charge >= 0.3 is 0 Å². The van der Waals surface area contributed by atoms with E-state index in [0.717, 1.165) is 6.08 Å². The minimum atomic E-state index is -3.70. The van der Waals surface area contributed by atoms with Gasteiger partial charge in [0.05, 0.1) is 12.2 Å². The Morgan fingerprint density at radius 1 is 1.06 bits per heavy atom. The molecule has 4 nitrogen and oxygen atoms in total. The van der Waals surface area contributed by atoms with E-state index < -0.39 is 21.4 Å². The maximum Gasteiger partial charge on any atom is 0.186 e. The Bertz CT molecular complexity index is 597. The van der Waals surface area contributed by atoms with Crippen molar-refractivity contribution >= 4 is 21.4 Å². The van der Waals surface area contributed by atoms with Crippen LogP contribution in [0, 0.1) is 0 Å². The van der Waals surface area contributed by atoms with Crippen LogP contribution in [0.2, 0.25) is 0 Å². The topological polar surface area (TPSA) is 68.3 Å². The quantitative estimate of drug-likeness (QED) is 0.751. The molecule has 0 saturated carbocycles. The molecule has 0 unspecified atom stereocenters. The van der Waals surface area contributed by atoms with Crippen molar-refractivity contribution in [3.05, 3.63) is 46.9 Å². The van der Waals surface area contributed by atoms with E-state index in [1.165, 1.54) is 0 Å². The van der Waals surface area contributed by atoms with Gasteiger partial charge in [0.1, 0.15) is 4.91 Å². The van der Waals surface area contributed by atoms with Crippen LogP contribution < -0.4 is 0 Å². The molecular weight excluding hydrogens is 240 g/mol. The molecule has 0 amide bonds. The molecule has 1 aliphatic rings. The molecule has 0 aromatic heterocycles. The van der Waals surface area contributed by atoms with Crippen LogP contribution >= 0.6 is 0 Å². The number of carbonyl (C=O) groups is 2. The molecule has 0 heterocycles. The Morgan fingerprint density at radius 2 is 1.71 bits per heavy atom. The van der Waals surface area contributed by atoms with Gasteiger partial charge in [-0.05, 0) is 5.56 Å². The van der Waals surface area contributed by atoms with E-state index in [4.69, 9.17) is 0 Å². The molecule has 2 rings (SSSR count). The summed E-state index contributed by atoms with van der Waals surface area (Å²) < 4.78 is 23.8. The smallest absolute Gasteiger partial charge is 0.186 e. The van der Waals surface area contributed by atoms with Gasteiger partial charge in [-0.2, -0.15) is 0 Å². The molecule has 0 aliphatic heterocycles. The lowest BCUT2D eigenvalue weighted by Crippen LogP contribution is -2.12. The summed E-state index contributed by atoms with van der Waals surface area (Å²) >= 11 is 0. The normalized spacial score (nSPS) is 16.1. The summed E-state index contributed by atoms with van der Waals surface area (Å²) in [6, 6.07) is 8.56. The lowest BCUT2D eigenvalue weighted by atomic mass is 10.2. The van der Waals surface area contributed by atoms with Gasteiger partial charge in [-0.3, -0.25) is 9.59 Å². The third kappa shape index (κ3) is 2.50. The molecule has 88 valence electrons.